The van der Waals surface area contributed by atoms with Crippen molar-refractivity contribution in [3.63, 3.8) is 0 Å². The van der Waals surface area contributed by atoms with Crippen LogP contribution in [0.4, 0.5) is 11.6 Å². The van der Waals surface area contributed by atoms with Crippen LogP contribution in [0.25, 0.3) is 0 Å². The van der Waals surface area contributed by atoms with Crippen LogP contribution in [0.3, 0.4) is 0 Å². The molecule has 1 amide bonds. The maximum absolute atomic E-state index is 12.8. The molecule has 3 aromatic rings. The number of nitrogens with one attached hydrogen (secondary N) is 1. The average Bonchev–Trinajstić information content (AvgIpc) is 2.80. The van der Waals surface area contributed by atoms with Crippen LogP contribution in [0.1, 0.15) is 28.8 Å². The molecule has 0 unspecified atom stereocenters. The van der Waals surface area contributed by atoms with Gasteiger partial charge < -0.3 is 10.2 Å². The van der Waals surface area contributed by atoms with Gasteiger partial charge in [0.2, 0.25) is 5.95 Å². The van der Waals surface area contributed by atoms with Crippen molar-refractivity contribution in [3.05, 3.63) is 84.2 Å². The number of hydrogen-bond acceptors (Lipinski definition) is 5. The molecule has 2 aromatic carbocycles. The van der Waals surface area contributed by atoms with Crippen LogP contribution >= 0.6 is 0 Å². The predicted molar refractivity (Wildman–Crippen MR) is 111 cm³/mol. The molecule has 0 bridgehead atoms. The Morgan fingerprint density at radius 2 is 1.55 bits per heavy atom. The molecule has 1 fully saturated rings. The van der Waals surface area contributed by atoms with Gasteiger partial charge in [0, 0.05) is 31.2 Å². The Bertz CT molecular complexity index is 1000. The lowest BCUT2D eigenvalue weighted by molar-refractivity contribution is 0.0691. The lowest BCUT2D eigenvalue weighted by atomic mass is 9.74. The highest BCUT2D eigenvalue weighted by Gasteiger charge is 2.37. The minimum Gasteiger partial charge on any atom is -0.338 e. The number of nitrogens with zero attached hydrogens (tertiary/aromatic N) is 4. The van der Waals surface area contributed by atoms with Crippen LogP contribution in [-0.4, -0.2) is 33.9 Å². The maximum atomic E-state index is 12.8. The second-order valence-corrected chi connectivity index (χ2v) is 7.14. The molecule has 2 heterocycles. The molecule has 6 heteroatoms. The lowest BCUT2D eigenvalue weighted by Crippen LogP contribution is -2.44. The van der Waals surface area contributed by atoms with Crippen LogP contribution in [0.2, 0.25) is 0 Å². The summed E-state index contributed by atoms with van der Waals surface area (Å²) in [5, 5.41) is 12.9. The molecule has 1 N–H and O–H groups in total. The summed E-state index contributed by atoms with van der Waals surface area (Å²) in [6.45, 7) is 1.07. The molecule has 0 aliphatic carbocycles. The predicted octanol–water partition coefficient (Wildman–Crippen LogP) is 3.92. The van der Waals surface area contributed by atoms with Crippen molar-refractivity contribution in [1.82, 2.24) is 14.9 Å². The fourth-order valence-electron chi connectivity index (χ4n) is 3.65. The molecule has 29 heavy (non-hydrogen) atoms. The summed E-state index contributed by atoms with van der Waals surface area (Å²) < 4.78 is 0. The molecular weight excluding hydrogens is 362 g/mol. The van der Waals surface area contributed by atoms with E-state index in [2.05, 4.69) is 21.4 Å². The highest BCUT2D eigenvalue weighted by atomic mass is 16.2. The van der Waals surface area contributed by atoms with Crippen molar-refractivity contribution in [2.45, 2.75) is 18.3 Å². The summed E-state index contributed by atoms with van der Waals surface area (Å²) in [4.78, 5) is 23.1. The average molecular weight is 383 g/mol. The number of anilines is 2. The summed E-state index contributed by atoms with van der Waals surface area (Å²) in [5.74, 6) is 0.342. The smallest absolute Gasteiger partial charge is 0.256 e. The first kappa shape index (κ1) is 18.6. The normalized spacial score (nSPS) is 15.3. The first-order chi connectivity index (χ1) is 14.2. The van der Waals surface area contributed by atoms with Crippen LogP contribution in [0.5, 0.6) is 0 Å². The third kappa shape index (κ3) is 3.94. The molecular formula is C23H21N5O. The first-order valence-electron chi connectivity index (χ1n) is 9.60. The second kappa shape index (κ2) is 8.11. The van der Waals surface area contributed by atoms with E-state index < -0.39 is 5.41 Å². The molecule has 4 rings (SSSR count). The Morgan fingerprint density at radius 3 is 2.14 bits per heavy atom. The first-order valence-corrected chi connectivity index (χ1v) is 9.60. The number of rotatable bonds is 4. The molecule has 0 spiro atoms. The number of benzene rings is 2. The standard InChI is InChI=1S/C23H21N5O/c24-17-23(19-7-3-1-4-8-19)11-13-28(14-12-23)21(29)18-15-25-22(26-16-18)27-20-9-5-2-6-10-20/h1-10,15-16H,11-14H2,(H,25,26,27). The van der Waals surface area contributed by atoms with Crippen molar-refractivity contribution < 1.29 is 4.79 Å². The number of likely N-dealkylation sites (tertiary alicyclic amines) is 1. The van der Waals surface area contributed by atoms with Crippen LogP contribution < -0.4 is 5.32 Å². The minimum absolute atomic E-state index is 0.101. The highest BCUT2D eigenvalue weighted by Crippen LogP contribution is 2.35. The zero-order valence-corrected chi connectivity index (χ0v) is 16.0. The fourth-order valence-corrected chi connectivity index (χ4v) is 3.65. The fraction of sp³-hybridized carbons (Fsp3) is 0.217. The van der Waals surface area contributed by atoms with Crippen LogP contribution in [0, 0.1) is 11.3 Å². The van der Waals surface area contributed by atoms with E-state index in [1.165, 1.54) is 0 Å². The third-order valence-corrected chi connectivity index (χ3v) is 5.37. The van der Waals surface area contributed by atoms with Gasteiger partial charge in [-0.1, -0.05) is 48.5 Å². The lowest BCUT2D eigenvalue weighted by Gasteiger charge is -2.37. The second-order valence-electron chi connectivity index (χ2n) is 7.14. The Morgan fingerprint density at radius 1 is 0.966 bits per heavy atom. The Kier molecular flexibility index (Phi) is 5.21. The van der Waals surface area contributed by atoms with E-state index in [-0.39, 0.29) is 5.91 Å². The van der Waals surface area contributed by atoms with Crippen molar-refractivity contribution in [1.29, 1.82) is 5.26 Å². The van der Waals surface area contributed by atoms with Gasteiger partial charge in [0.05, 0.1) is 17.0 Å². The number of aromatic nitrogens is 2. The molecule has 1 aliphatic heterocycles. The topological polar surface area (TPSA) is 81.9 Å². The third-order valence-electron chi connectivity index (χ3n) is 5.37. The number of amides is 1. The van der Waals surface area contributed by atoms with E-state index in [4.69, 9.17) is 0 Å². The largest absolute Gasteiger partial charge is 0.338 e. The molecule has 1 saturated heterocycles. The summed E-state index contributed by atoms with van der Waals surface area (Å²) in [7, 11) is 0. The van der Waals surface area contributed by atoms with Gasteiger partial charge in [0.25, 0.3) is 5.91 Å². The highest BCUT2D eigenvalue weighted by molar-refractivity contribution is 5.93. The van der Waals surface area contributed by atoms with E-state index in [0.29, 0.717) is 37.4 Å². The number of carbonyl (C=O) groups excluding carboxylic acids is 1. The Balaban J connectivity index is 1.41. The van der Waals surface area contributed by atoms with Gasteiger partial charge in [-0.25, -0.2) is 9.97 Å². The van der Waals surface area contributed by atoms with Gasteiger partial charge >= 0.3 is 0 Å². The Labute approximate surface area is 169 Å². The van der Waals surface area contributed by atoms with Gasteiger partial charge in [-0.05, 0) is 30.5 Å². The van der Waals surface area contributed by atoms with E-state index in [1.807, 2.05) is 60.7 Å². The number of para-hydroxylation sites is 1. The monoisotopic (exact) mass is 383 g/mol. The summed E-state index contributed by atoms with van der Waals surface area (Å²) >= 11 is 0. The molecule has 1 aliphatic rings. The maximum Gasteiger partial charge on any atom is 0.256 e. The van der Waals surface area contributed by atoms with Crippen molar-refractivity contribution in [2.75, 3.05) is 18.4 Å². The Hall–Kier alpha value is -3.72. The number of nitriles is 1. The van der Waals surface area contributed by atoms with Crippen molar-refractivity contribution in [3.8, 4) is 6.07 Å². The molecule has 0 radical (unpaired) electrons. The summed E-state index contributed by atoms with van der Waals surface area (Å²) in [6.07, 6.45) is 4.33. The summed E-state index contributed by atoms with van der Waals surface area (Å²) in [6, 6.07) is 22.0. The van der Waals surface area contributed by atoms with Crippen LogP contribution in [0.15, 0.2) is 73.1 Å². The molecule has 0 atom stereocenters. The number of piperidine rings is 1. The number of hydrogen-bond donors (Lipinski definition) is 1. The van der Waals surface area contributed by atoms with E-state index in [0.717, 1.165) is 11.3 Å². The van der Waals surface area contributed by atoms with E-state index in [1.54, 1.807) is 17.3 Å². The quantitative estimate of drug-likeness (QED) is 0.738. The van der Waals surface area contributed by atoms with Crippen molar-refractivity contribution >= 4 is 17.5 Å². The SMILES string of the molecule is N#CC1(c2ccccc2)CCN(C(=O)c2cnc(Nc3ccccc3)nc2)CC1. The van der Waals surface area contributed by atoms with Gasteiger partial charge in [-0.2, -0.15) is 5.26 Å². The zero-order valence-electron chi connectivity index (χ0n) is 16.0. The van der Waals surface area contributed by atoms with Crippen molar-refractivity contribution in [2.24, 2.45) is 0 Å². The van der Waals surface area contributed by atoms with E-state index >= 15 is 0 Å². The van der Waals surface area contributed by atoms with Gasteiger partial charge in [0.1, 0.15) is 0 Å². The van der Waals surface area contributed by atoms with Crippen LogP contribution in [-0.2, 0) is 5.41 Å². The minimum atomic E-state index is -0.530. The summed E-state index contributed by atoms with van der Waals surface area (Å²) in [5.41, 5.74) is 1.83. The molecule has 144 valence electrons. The van der Waals surface area contributed by atoms with Gasteiger partial charge in [-0.15, -0.1) is 0 Å². The molecule has 0 saturated carbocycles. The van der Waals surface area contributed by atoms with Gasteiger partial charge in [-0.3, -0.25) is 4.79 Å². The van der Waals surface area contributed by atoms with E-state index in [9.17, 15) is 10.1 Å². The molecule has 6 nitrogen and oxygen atoms in total. The molecule has 1 aromatic heterocycles. The zero-order chi connectivity index (χ0) is 20.1. The number of carbonyl (C=O) groups is 1. The van der Waals surface area contributed by atoms with Gasteiger partial charge in [0.15, 0.2) is 0 Å².